The zero-order valence-electron chi connectivity index (χ0n) is 16.5. The van der Waals surface area contributed by atoms with E-state index in [0.717, 1.165) is 49.3 Å². The summed E-state index contributed by atoms with van der Waals surface area (Å²) in [6.45, 7) is 0.872. The van der Waals surface area contributed by atoms with E-state index < -0.39 is 5.91 Å². The van der Waals surface area contributed by atoms with E-state index in [-0.39, 0.29) is 5.91 Å². The van der Waals surface area contributed by atoms with Crippen LogP contribution < -0.4 is 10.6 Å². The second-order valence-electron chi connectivity index (χ2n) is 7.33. The number of aromatic nitrogens is 2. The predicted octanol–water partition coefficient (Wildman–Crippen LogP) is 3.65. The van der Waals surface area contributed by atoms with E-state index in [1.807, 2.05) is 30.3 Å². The highest BCUT2D eigenvalue weighted by atomic mass is 16.2. The Balaban J connectivity index is 1.73. The van der Waals surface area contributed by atoms with Gasteiger partial charge < -0.3 is 15.2 Å². The first kappa shape index (κ1) is 18.9. The average molecular weight is 388 g/mol. The van der Waals surface area contributed by atoms with E-state index in [0.29, 0.717) is 16.9 Å². The van der Waals surface area contributed by atoms with Gasteiger partial charge in [0.15, 0.2) is 5.69 Å². The Morgan fingerprint density at radius 2 is 1.72 bits per heavy atom. The van der Waals surface area contributed by atoms with E-state index in [1.165, 1.54) is 0 Å². The van der Waals surface area contributed by atoms with Crippen molar-refractivity contribution in [3.8, 4) is 11.4 Å². The Kier molecular flexibility index (Phi) is 5.16. The average Bonchev–Trinajstić information content (AvgIpc) is 2.94. The highest BCUT2D eigenvalue weighted by molar-refractivity contribution is 6.06. The number of primary amides is 1. The monoisotopic (exact) mass is 388 g/mol. The third kappa shape index (κ3) is 3.66. The molecule has 0 spiro atoms. The van der Waals surface area contributed by atoms with Crippen molar-refractivity contribution in [3.63, 3.8) is 0 Å². The molecule has 2 aromatic carbocycles. The number of nitrogens with two attached hydrogens (primary N) is 1. The molecule has 0 bridgehead atoms. The lowest BCUT2D eigenvalue weighted by Crippen LogP contribution is -2.28. The minimum Gasteiger partial charge on any atom is -0.366 e. The molecule has 2 heterocycles. The van der Waals surface area contributed by atoms with Gasteiger partial charge in [0, 0.05) is 30.4 Å². The lowest BCUT2D eigenvalue weighted by Gasteiger charge is -2.17. The number of amides is 2. The van der Waals surface area contributed by atoms with Crippen LogP contribution in [0.1, 0.15) is 45.8 Å². The smallest absolute Gasteiger partial charge is 0.278 e. The van der Waals surface area contributed by atoms with Crippen molar-refractivity contribution < 1.29 is 9.59 Å². The van der Waals surface area contributed by atoms with Gasteiger partial charge in [-0.3, -0.25) is 9.59 Å². The zero-order valence-corrected chi connectivity index (χ0v) is 16.5. The molecule has 3 aromatic rings. The number of anilines is 1. The second kappa shape index (κ2) is 7.91. The summed E-state index contributed by atoms with van der Waals surface area (Å²) in [5.74, 6) is 0.213. The highest BCUT2D eigenvalue weighted by Gasteiger charge is 2.26. The van der Waals surface area contributed by atoms with Gasteiger partial charge in [-0.15, -0.1) is 0 Å². The molecule has 0 radical (unpaired) electrons. The van der Waals surface area contributed by atoms with Gasteiger partial charge in [0.2, 0.25) is 5.91 Å². The van der Waals surface area contributed by atoms with Crippen molar-refractivity contribution in [2.24, 2.45) is 5.73 Å². The molecule has 6 nitrogen and oxygen atoms in total. The zero-order chi connectivity index (χ0) is 20.4. The molecular formula is C23H24N4O2. The van der Waals surface area contributed by atoms with E-state index in [9.17, 15) is 9.59 Å². The normalized spacial score (nSPS) is 13.4. The number of imidazole rings is 1. The van der Waals surface area contributed by atoms with E-state index in [1.54, 1.807) is 36.2 Å². The molecule has 0 aliphatic carbocycles. The fourth-order valence-electron chi connectivity index (χ4n) is 3.82. The maximum atomic E-state index is 13.4. The first-order valence-electron chi connectivity index (χ1n) is 9.89. The molecule has 0 unspecified atom stereocenters. The Hall–Kier alpha value is -3.41. The van der Waals surface area contributed by atoms with Crippen LogP contribution in [0.5, 0.6) is 0 Å². The minimum absolute atomic E-state index is 0.148. The van der Waals surface area contributed by atoms with E-state index in [2.05, 4.69) is 4.57 Å². The summed E-state index contributed by atoms with van der Waals surface area (Å²) in [5.41, 5.74) is 8.94. The Morgan fingerprint density at radius 1 is 1.00 bits per heavy atom. The lowest BCUT2D eigenvalue weighted by atomic mass is 10.1. The number of carbonyl (C=O) groups is 2. The summed E-state index contributed by atoms with van der Waals surface area (Å²) in [7, 11) is 1.73. The summed E-state index contributed by atoms with van der Waals surface area (Å²) in [6, 6.07) is 16.7. The number of carbonyl (C=O) groups excluding carboxylic acids is 2. The van der Waals surface area contributed by atoms with E-state index in [4.69, 9.17) is 10.7 Å². The van der Waals surface area contributed by atoms with Crippen molar-refractivity contribution in [2.45, 2.75) is 32.2 Å². The summed E-state index contributed by atoms with van der Waals surface area (Å²) in [4.78, 5) is 31.0. The molecule has 1 aliphatic heterocycles. The maximum Gasteiger partial charge on any atom is 0.278 e. The number of rotatable bonds is 4. The molecule has 0 saturated carbocycles. The van der Waals surface area contributed by atoms with Crippen LogP contribution in [-0.4, -0.2) is 28.4 Å². The summed E-state index contributed by atoms with van der Waals surface area (Å²) >= 11 is 0. The van der Waals surface area contributed by atoms with Gasteiger partial charge in [0.05, 0.1) is 5.69 Å². The second-order valence-corrected chi connectivity index (χ2v) is 7.33. The molecular weight excluding hydrogens is 364 g/mol. The largest absolute Gasteiger partial charge is 0.366 e. The Morgan fingerprint density at radius 3 is 2.41 bits per heavy atom. The van der Waals surface area contributed by atoms with Gasteiger partial charge in [-0.05, 0) is 43.5 Å². The van der Waals surface area contributed by atoms with Crippen molar-refractivity contribution in [3.05, 3.63) is 71.5 Å². The van der Waals surface area contributed by atoms with Crippen molar-refractivity contribution in [2.75, 3.05) is 11.9 Å². The number of benzene rings is 2. The van der Waals surface area contributed by atoms with Crippen molar-refractivity contribution in [1.82, 2.24) is 9.55 Å². The van der Waals surface area contributed by atoms with Crippen LogP contribution in [0.25, 0.3) is 11.4 Å². The number of nitrogens with zero attached hydrogens (tertiary/aromatic N) is 3. The standard InChI is InChI=1S/C23H24N4O2/c1-26(18-13-11-16(12-14-18)21(24)28)23(29)20-19-10-6-3-7-15-27(19)22(25-20)17-8-4-2-5-9-17/h2,4-5,8-9,11-14H,3,6-7,10,15H2,1H3,(H2,24,28). The molecule has 1 aliphatic rings. The number of hydrogen-bond acceptors (Lipinski definition) is 3. The molecule has 0 fully saturated rings. The van der Waals surface area contributed by atoms with Crippen LogP contribution in [-0.2, 0) is 13.0 Å². The summed E-state index contributed by atoms with van der Waals surface area (Å²) in [5, 5.41) is 0. The number of fused-ring (bicyclic) bond motifs is 1. The molecule has 4 rings (SSSR count). The van der Waals surface area contributed by atoms with Crippen LogP contribution in [0.4, 0.5) is 5.69 Å². The number of hydrogen-bond donors (Lipinski definition) is 1. The lowest BCUT2D eigenvalue weighted by molar-refractivity contribution is 0.0985. The summed E-state index contributed by atoms with van der Waals surface area (Å²) in [6.07, 6.45) is 4.13. The fourth-order valence-corrected chi connectivity index (χ4v) is 3.82. The fraction of sp³-hybridized carbons (Fsp3) is 0.261. The van der Waals surface area contributed by atoms with Crippen LogP contribution in [0.2, 0.25) is 0 Å². The minimum atomic E-state index is -0.488. The van der Waals surface area contributed by atoms with Crippen LogP contribution >= 0.6 is 0 Å². The highest BCUT2D eigenvalue weighted by Crippen LogP contribution is 2.28. The molecule has 0 atom stereocenters. The molecule has 6 heteroatoms. The topological polar surface area (TPSA) is 81.2 Å². The predicted molar refractivity (Wildman–Crippen MR) is 113 cm³/mol. The SMILES string of the molecule is CN(C(=O)c1nc(-c2ccccc2)n2c1CCCCC2)c1ccc(C(N)=O)cc1. The molecule has 0 saturated heterocycles. The Bertz CT molecular complexity index is 1040. The molecule has 1 aromatic heterocycles. The first-order chi connectivity index (χ1) is 14.1. The summed E-state index contributed by atoms with van der Waals surface area (Å²) < 4.78 is 2.21. The molecule has 2 N–H and O–H groups in total. The van der Waals surface area contributed by atoms with Gasteiger partial charge >= 0.3 is 0 Å². The first-order valence-corrected chi connectivity index (χ1v) is 9.89. The van der Waals surface area contributed by atoms with Gasteiger partial charge in [0.1, 0.15) is 5.82 Å². The maximum absolute atomic E-state index is 13.4. The van der Waals surface area contributed by atoms with Crippen molar-refractivity contribution in [1.29, 1.82) is 0 Å². The Labute approximate surface area is 170 Å². The van der Waals surface area contributed by atoms with Crippen LogP contribution in [0.3, 0.4) is 0 Å². The van der Waals surface area contributed by atoms with E-state index >= 15 is 0 Å². The van der Waals surface area contributed by atoms with Crippen LogP contribution in [0, 0.1) is 0 Å². The van der Waals surface area contributed by atoms with Crippen molar-refractivity contribution >= 4 is 17.5 Å². The third-order valence-corrected chi connectivity index (χ3v) is 5.45. The molecule has 2 amide bonds. The van der Waals surface area contributed by atoms with Gasteiger partial charge in [0.25, 0.3) is 5.91 Å². The van der Waals surface area contributed by atoms with Gasteiger partial charge in [-0.1, -0.05) is 36.8 Å². The molecule has 148 valence electrons. The van der Waals surface area contributed by atoms with Gasteiger partial charge in [-0.2, -0.15) is 0 Å². The van der Waals surface area contributed by atoms with Gasteiger partial charge in [-0.25, -0.2) is 4.98 Å². The third-order valence-electron chi connectivity index (χ3n) is 5.45. The van der Waals surface area contributed by atoms with Crippen LogP contribution in [0.15, 0.2) is 54.6 Å². The molecule has 29 heavy (non-hydrogen) atoms. The quantitative estimate of drug-likeness (QED) is 0.741.